The van der Waals surface area contributed by atoms with Crippen LogP contribution < -0.4 is 10.5 Å². The van der Waals surface area contributed by atoms with Gasteiger partial charge in [-0.05, 0) is 37.5 Å². The Balaban J connectivity index is 2.42. The molecule has 0 bridgehead atoms. The molecule has 114 valence electrons. The van der Waals surface area contributed by atoms with Gasteiger partial charge in [-0.3, -0.25) is 0 Å². The van der Waals surface area contributed by atoms with Crippen LogP contribution in [0.5, 0.6) is 0 Å². The molecule has 1 aromatic rings. The molecule has 5 nitrogen and oxygen atoms in total. The van der Waals surface area contributed by atoms with Crippen molar-refractivity contribution in [2.75, 3.05) is 25.5 Å². The molecule has 0 aliphatic rings. The van der Waals surface area contributed by atoms with Crippen molar-refractivity contribution in [3.63, 3.8) is 0 Å². The Morgan fingerprint density at radius 2 is 1.95 bits per heavy atom. The fourth-order valence-electron chi connectivity index (χ4n) is 1.72. The minimum atomic E-state index is -3.54. The molecule has 0 atom stereocenters. The zero-order valence-corrected chi connectivity index (χ0v) is 13.0. The highest BCUT2D eigenvalue weighted by Crippen LogP contribution is 2.19. The van der Waals surface area contributed by atoms with Gasteiger partial charge in [-0.15, -0.1) is 0 Å². The van der Waals surface area contributed by atoms with E-state index < -0.39 is 10.0 Å². The van der Waals surface area contributed by atoms with Crippen LogP contribution in [-0.4, -0.2) is 28.2 Å². The summed E-state index contributed by atoms with van der Waals surface area (Å²) in [5, 5.41) is 0. The molecule has 0 saturated carbocycles. The van der Waals surface area contributed by atoms with Crippen molar-refractivity contribution in [3.05, 3.63) is 23.8 Å². The number of anilines is 1. The maximum Gasteiger partial charge on any atom is 0.242 e. The van der Waals surface area contributed by atoms with E-state index in [-0.39, 0.29) is 10.6 Å². The summed E-state index contributed by atoms with van der Waals surface area (Å²) in [4.78, 5) is 0.134. The predicted octanol–water partition coefficient (Wildman–Crippen LogP) is 2.06. The predicted molar refractivity (Wildman–Crippen MR) is 81.1 cm³/mol. The molecule has 0 spiro atoms. The van der Waals surface area contributed by atoms with E-state index in [0.29, 0.717) is 19.6 Å². The number of unbranched alkanes of at least 4 members (excludes halogenated alkanes) is 1. The van der Waals surface area contributed by atoms with E-state index in [1.54, 1.807) is 12.1 Å². The summed E-state index contributed by atoms with van der Waals surface area (Å²) < 4.78 is 32.0. The number of rotatable bonds is 9. The minimum Gasteiger partial charge on any atom is -0.398 e. The zero-order valence-electron chi connectivity index (χ0n) is 12.2. The van der Waals surface area contributed by atoms with E-state index in [1.807, 2.05) is 6.92 Å². The normalized spacial score (nSPS) is 11.7. The lowest BCUT2D eigenvalue weighted by molar-refractivity contribution is 0.130. The van der Waals surface area contributed by atoms with Crippen LogP contribution in [-0.2, 0) is 14.8 Å². The SMILES string of the molecule is CCCCOCCCNS(=O)(=O)c1ccc(C)cc1N. The summed E-state index contributed by atoms with van der Waals surface area (Å²) in [6.45, 7) is 5.61. The second kappa shape index (κ2) is 8.24. The third-order valence-electron chi connectivity index (χ3n) is 2.85. The molecule has 0 amide bonds. The van der Waals surface area contributed by atoms with E-state index in [1.165, 1.54) is 6.07 Å². The van der Waals surface area contributed by atoms with Gasteiger partial charge in [0.05, 0.1) is 5.69 Å². The van der Waals surface area contributed by atoms with Gasteiger partial charge in [0, 0.05) is 19.8 Å². The molecule has 1 rings (SSSR count). The average molecular weight is 300 g/mol. The molecule has 1 aromatic carbocycles. The third kappa shape index (κ3) is 5.48. The molecule has 0 heterocycles. The molecule has 3 N–H and O–H groups in total. The molecule has 0 fully saturated rings. The van der Waals surface area contributed by atoms with E-state index in [0.717, 1.165) is 25.0 Å². The summed E-state index contributed by atoms with van der Waals surface area (Å²) in [5.41, 5.74) is 6.96. The molecule has 6 heteroatoms. The first-order valence-corrected chi connectivity index (χ1v) is 8.39. The highest BCUT2D eigenvalue weighted by atomic mass is 32.2. The van der Waals surface area contributed by atoms with Crippen molar-refractivity contribution in [2.24, 2.45) is 0 Å². The van der Waals surface area contributed by atoms with E-state index in [9.17, 15) is 8.42 Å². The van der Waals surface area contributed by atoms with E-state index >= 15 is 0 Å². The largest absolute Gasteiger partial charge is 0.398 e. The zero-order chi connectivity index (χ0) is 15.0. The smallest absolute Gasteiger partial charge is 0.242 e. The van der Waals surface area contributed by atoms with Crippen molar-refractivity contribution in [2.45, 2.75) is 38.0 Å². The van der Waals surface area contributed by atoms with E-state index in [2.05, 4.69) is 11.6 Å². The first-order valence-electron chi connectivity index (χ1n) is 6.91. The second-order valence-corrected chi connectivity index (χ2v) is 6.49. The van der Waals surface area contributed by atoms with Crippen molar-refractivity contribution >= 4 is 15.7 Å². The van der Waals surface area contributed by atoms with Crippen molar-refractivity contribution in [1.82, 2.24) is 4.72 Å². The molecule has 0 aliphatic heterocycles. The Bertz CT molecular complexity index is 515. The average Bonchev–Trinajstić information content (AvgIpc) is 2.37. The Morgan fingerprint density at radius 3 is 2.60 bits per heavy atom. The van der Waals surface area contributed by atoms with Crippen molar-refractivity contribution < 1.29 is 13.2 Å². The van der Waals surface area contributed by atoms with Gasteiger partial charge in [-0.1, -0.05) is 19.4 Å². The molecular formula is C14H24N2O3S. The van der Waals surface area contributed by atoms with Gasteiger partial charge in [0.25, 0.3) is 0 Å². The minimum absolute atomic E-state index is 0.134. The van der Waals surface area contributed by atoms with Crippen LogP contribution in [0.25, 0.3) is 0 Å². The number of nitrogens with two attached hydrogens (primary N) is 1. The molecule has 20 heavy (non-hydrogen) atoms. The number of nitrogen functional groups attached to an aromatic ring is 1. The van der Waals surface area contributed by atoms with Crippen LogP contribution in [0.4, 0.5) is 5.69 Å². The lowest BCUT2D eigenvalue weighted by atomic mass is 10.2. The maximum absolute atomic E-state index is 12.1. The Kier molecular flexibility index (Phi) is 6.98. The summed E-state index contributed by atoms with van der Waals surface area (Å²) >= 11 is 0. The standard InChI is InChI=1S/C14H24N2O3S/c1-3-4-9-19-10-5-8-16-20(17,18)14-7-6-12(2)11-13(14)15/h6-7,11,16H,3-5,8-10,15H2,1-2H3. The van der Waals surface area contributed by atoms with Gasteiger partial charge < -0.3 is 10.5 Å². The van der Waals surface area contributed by atoms with Gasteiger partial charge in [-0.25, -0.2) is 13.1 Å². The fraction of sp³-hybridized carbons (Fsp3) is 0.571. The van der Waals surface area contributed by atoms with Gasteiger partial charge in [0.2, 0.25) is 10.0 Å². The number of hydrogen-bond acceptors (Lipinski definition) is 4. The van der Waals surface area contributed by atoms with Crippen LogP contribution in [0.2, 0.25) is 0 Å². The van der Waals surface area contributed by atoms with Gasteiger partial charge in [-0.2, -0.15) is 0 Å². The molecule has 0 radical (unpaired) electrons. The Morgan fingerprint density at radius 1 is 1.25 bits per heavy atom. The van der Waals surface area contributed by atoms with Crippen molar-refractivity contribution in [3.8, 4) is 0 Å². The number of ether oxygens (including phenoxy) is 1. The molecular weight excluding hydrogens is 276 g/mol. The first kappa shape index (κ1) is 16.9. The van der Waals surface area contributed by atoms with Crippen molar-refractivity contribution in [1.29, 1.82) is 0 Å². The summed E-state index contributed by atoms with van der Waals surface area (Å²) in [6.07, 6.45) is 2.78. The highest BCUT2D eigenvalue weighted by Gasteiger charge is 2.16. The van der Waals surface area contributed by atoms with Crippen LogP contribution >= 0.6 is 0 Å². The van der Waals surface area contributed by atoms with Crippen LogP contribution in [0.3, 0.4) is 0 Å². The maximum atomic E-state index is 12.1. The number of benzene rings is 1. The number of nitrogens with one attached hydrogen (secondary N) is 1. The molecule has 0 aliphatic carbocycles. The van der Waals surface area contributed by atoms with E-state index in [4.69, 9.17) is 10.5 Å². The van der Waals surface area contributed by atoms with Gasteiger partial charge in [0.15, 0.2) is 0 Å². The third-order valence-corrected chi connectivity index (χ3v) is 4.39. The Hall–Kier alpha value is -1.11. The van der Waals surface area contributed by atoms with Crippen LogP contribution in [0, 0.1) is 6.92 Å². The summed E-state index contributed by atoms with van der Waals surface area (Å²) in [7, 11) is -3.54. The number of hydrogen-bond donors (Lipinski definition) is 2. The molecule has 0 saturated heterocycles. The van der Waals surface area contributed by atoms with Gasteiger partial charge >= 0.3 is 0 Å². The number of aryl methyl sites for hydroxylation is 1. The highest BCUT2D eigenvalue weighted by molar-refractivity contribution is 7.89. The lowest BCUT2D eigenvalue weighted by Crippen LogP contribution is -2.26. The van der Waals surface area contributed by atoms with Crippen LogP contribution in [0.1, 0.15) is 31.7 Å². The second-order valence-electron chi connectivity index (χ2n) is 4.76. The topological polar surface area (TPSA) is 81.4 Å². The monoisotopic (exact) mass is 300 g/mol. The summed E-state index contributed by atoms with van der Waals surface area (Å²) in [6, 6.07) is 4.92. The quantitative estimate of drug-likeness (QED) is 0.540. The Labute approximate surface area is 121 Å². The summed E-state index contributed by atoms with van der Waals surface area (Å²) in [5.74, 6) is 0. The molecule has 0 unspecified atom stereocenters. The molecule has 0 aromatic heterocycles. The lowest BCUT2D eigenvalue weighted by Gasteiger charge is -2.10. The number of sulfonamides is 1. The van der Waals surface area contributed by atoms with Gasteiger partial charge in [0.1, 0.15) is 4.90 Å². The first-order chi connectivity index (χ1) is 9.47. The fourth-order valence-corrected chi connectivity index (χ4v) is 2.90. The van der Waals surface area contributed by atoms with Crippen LogP contribution in [0.15, 0.2) is 23.1 Å².